The molecule has 2 fully saturated rings. The van der Waals surface area contributed by atoms with Gasteiger partial charge in [0.1, 0.15) is 0 Å². The molecule has 0 amide bonds. The lowest BCUT2D eigenvalue weighted by Crippen LogP contribution is -2.42. The highest BCUT2D eigenvalue weighted by Crippen LogP contribution is 2.89. The molecule has 13 heavy (non-hydrogen) atoms. The van der Waals surface area contributed by atoms with Crippen molar-refractivity contribution in [2.45, 2.75) is 53.9 Å². The molecule has 0 bridgehead atoms. The standard InChI is InChI=1S/C13H24/c1-6-10-9(4)12(5)11(7-2)13(10,12)8-3/h9-11H,6-8H2,1-5H3. The zero-order valence-electron chi connectivity index (χ0n) is 9.85. The number of hydrogen-bond donors (Lipinski definition) is 0. The van der Waals surface area contributed by atoms with Crippen molar-refractivity contribution in [3.63, 3.8) is 0 Å². The summed E-state index contributed by atoms with van der Waals surface area (Å²) >= 11 is 0. The predicted octanol–water partition coefficient (Wildman–Crippen LogP) is 4.10. The molecule has 2 saturated carbocycles. The highest BCUT2D eigenvalue weighted by Gasteiger charge is 2.84. The molecule has 0 aromatic carbocycles. The van der Waals surface area contributed by atoms with Gasteiger partial charge < -0.3 is 0 Å². The summed E-state index contributed by atoms with van der Waals surface area (Å²) in [7, 11) is 0. The van der Waals surface area contributed by atoms with E-state index in [1.54, 1.807) is 0 Å². The van der Waals surface area contributed by atoms with E-state index < -0.39 is 0 Å². The summed E-state index contributed by atoms with van der Waals surface area (Å²) in [4.78, 5) is 0. The summed E-state index contributed by atoms with van der Waals surface area (Å²) in [5.74, 6) is 3.07. The smallest absolute Gasteiger partial charge is 0.0176 e. The Hall–Kier alpha value is 0. The van der Waals surface area contributed by atoms with Gasteiger partial charge in [-0.05, 0) is 35.0 Å². The highest BCUT2D eigenvalue weighted by atomic mass is 14.9. The van der Waals surface area contributed by atoms with Crippen molar-refractivity contribution in [1.82, 2.24) is 0 Å². The minimum Gasteiger partial charge on any atom is -0.0651 e. The molecule has 0 aromatic rings. The molecule has 0 radical (unpaired) electrons. The molecule has 76 valence electrons. The van der Waals surface area contributed by atoms with Crippen LogP contribution in [0, 0.1) is 28.6 Å². The van der Waals surface area contributed by atoms with Gasteiger partial charge in [-0.25, -0.2) is 0 Å². The van der Waals surface area contributed by atoms with E-state index in [0.29, 0.717) is 0 Å². The lowest BCUT2D eigenvalue weighted by Gasteiger charge is -2.48. The van der Waals surface area contributed by atoms with Gasteiger partial charge in [0, 0.05) is 0 Å². The third-order valence-electron chi connectivity index (χ3n) is 5.91. The van der Waals surface area contributed by atoms with E-state index in [2.05, 4.69) is 34.6 Å². The second-order valence-electron chi connectivity index (χ2n) is 5.44. The summed E-state index contributed by atoms with van der Waals surface area (Å²) < 4.78 is 0. The Bertz CT molecular complexity index is 212. The molecule has 5 atom stereocenters. The molecule has 0 spiro atoms. The molecule has 0 aliphatic heterocycles. The van der Waals surface area contributed by atoms with Gasteiger partial charge >= 0.3 is 0 Å². The molecular formula is C13H24. The van der Waals surface area contributed by atoms with Gasteiger partial charge in [-0.15, -0.1) is 0 Å². The van der Waals surface area contributed by atoms with E-state index in [1.165, 1.54) is 19.3 Å². The zero-order chi connectivity index (χ0) is 9.85. The third-order valence-corrected chi connectivity index (χ3v) is 5.91. The first-order valence-corrected chi connectivity index (χ1v) is 6.11. The molecule has 0 heteroatoms. The highest BCUT2D eigenvalue weighted by molar-refractivity contribution is 5.31. The average Bonchev–Trinajstić information content (AvgIpc) is 2.63. The van der Waals surface area contributed by atoms with Crippen LogP contribution in [0.2, 0.25) is 0 Å². The Labute approximate surface area is 83.1 Å². The van der Waals surface area contributed by atoms with E-state index in [0.717, 1.165) is 28.6 Å². The van der Waals surface area contributed by atoms with Crippen LogP contribution in [0.4, 0.5) is 0 Å². The average molecular weight is 180 g/mol. The first-order valence-electron chi connectivity index (χ1n) is 6.11. The number of fused-ring (bicyclic) bond motifs is 1. The van der Waals surface area contributed by atoms with Gasteiger partial charge in [0.2, 0.25) is 0 Å². The monoisotopic (exact) mass is 180 g/mol. The van der Waals surface area contributed by atoms with Crippen LogP contribution >= 0.6 is 0 Å². The molecule has 0 saturated heterocycles. The summed E-state index contributed by atoms with van der Waals surface area (Å²) in [6.45, 7) is 12.2. The van der Waals surface area contributed by atoms with Gasteiger partial charge in [0.05, 0.1) is 0 Å². The van der Waals surface area contributed by atoms with Crippen molar-refractivity contribution in [2.75, 3.05) is 0 Å². The Morgan fingerprint density at radius 3 is 2.00 bits per heavy atom. The molecule has 5 unspecified atom stereocenters. The van der Waals surface area contributed by atoms with Crippen molar-refractivity contribution < 1.29 is 0 Å². The van der Waals surface area contributed by atoms with Crippen molar-refractivity contribution in [3.8, 4) is 0 Å². The van der Waals surface area contributed by atoms with Gasteiger partial charge in [-0.3, -0.25) is 0 Å². The predicted molar refractivity (Wildman–Crippen MR) is 57.6 cm³/mol. The van der Waals surface area contributed by atoms with Gasteiger partial charge in [0.25, 0.3) is 0 Å². The normalized spacial score (nSPS) is 58.4. The summed E-state index contributed by atoms with van der Waals surface area (Å²) in [5.41, 5.74) is 1.51. The second kappa shape index (κ2) is 2.52. The lowest BCUT2D eigenvalue weighted by molar-refractivity contribution is -0.00307. The molecule has 2 aliphatic carbocycles. The lowest BCUT2D eigenvalue weighted by atomic mass is 9.56. The Morgan fingerprint density at radius 1 is 1.08 bits per heavy atom. The fraction of sp³-hybridized carbons (Fsp3) is 1.00. The molecule has 0 N–H and O–H groups in total. The first kappa shape index (κ1) is 9.55. The Morgan fingerprint density at radius 2 is 1.69 bits per heavy atom. The largest absolute Gasteiger partial charge is 0.0651 e. The van der Waals surface area contributed by atoms with Gasteiger partial charge in [-0.1, -0.05) is 47.5 Å². The zero-order valence-corrected chi connectivity index (χ0v) is 9.85. The van der Waals surface area contributed by atoms with E-state index in [-0.39, 0.29) is 0 Å². The van der Waals surface area contributed by atoms with Crippen molar-refractivity contribution in [1.29, 1.82) is 0 Å². The van der Waals surface area contributed by atoms with E-state index >= 15 is 0 Å². The van der Waals surface area contributed by atoms with Crippen LogP contribution < -0.4 is 0 Å². The maximum atomic E-state index is 2.54. The minimum atomic E-state index is 0.733. The minimum absolute atomic E-state index is 0.733. The summed E-state index contributed by atoms with van der Waals surface area (Å²) in [6, 6.07) is 0. The summed E-state index contributed by atoms with van der Waals surface area (Å²) in [6.07, 6.45) is 4.23. The number of rotatable bonds is 3. The van der Waals surface area contributed by atoms with E-state index in [1.807, 2.05) is 0 Å². The van der Waals surface area contributed by atoms with Crippen molar-refractivity contribution in [3.05, 3.63) is 0 Å². The fourth-order valence-electron chi connectivity index (χ4n) is 5.41. The SMILES string of the molecule is CCC1C(C)C2(C)C(CC)C12CC. The molecule has 0 aromatic heterocycles. The van der Waals surface area contributed by atoms with Crippen LogP contribution in [0.25, 0.3) is 0 Å². The molecule has 2 rings (SSSR count). The summed E-state index contributed by atoms with van der Waals surface area (Å²) in [5, 5.41) is 0. The maximum Gasteiger partial charge on any atom is -0.0176 e. The van der Waals surface area contributed by atoms with E-state index in [4.69, 9.17) is 0 Å². The van der Waals surface area contributed by atoms with Gasteiger partial charge in [-0.2, -0.15) is 0 Å². The second-order valence-corrected chi connectivity index (χ2v) is 5.44. The van der Waals surface area contributed by atoms with Crippen LogP contribution in [-0.4, -0.2) is 0 Å². The molecule has 0 heterocycles. The fourth-order valence-corrected chi connectivity index (χ4v) is 5.41. The molecule has 2 aliphatic rings. The number of hydrogen-bond acceptors (Lipinski definition) is 0. The van der Waals surface area contributed by atoms with Crippen molar-refractivity contribution in [2.24, 2.45) is 28.6 Å². The Balaban J connectivity index is 2.25. The van der Waals surface area contributed by atoms with Gasteiger partial charge in [0.15, 0.2) is 0 Å². The van der Waals surface area contributed by atoms with Crippen LogP contribution in [0.15, 0.2) is 0 Å². The first-order chi connectivity index (χ1) is 6.11. The molecule has 0 nitrogen and oxygen atoms in total. The molecular weight excluding hydrogens is 156 g/mol. The van der Waals surface area contributed by atoms with Crippen LogP contribution in [0.3, 0.4) is 0 Å². The van der Waals surface area contributed by atoms with Crippen LogP contribution in [0.5, 0.6) is 0 Å². The maximum absolute atomic E-state index is 2.54. The van der Waals surface area contributed by atoms with Crippen LogP contribution in [-0.2, 0) is 0 Å². The topological polar surface area (TPSA) is 0 Å². The van der Waals surface area contributed by atoms with E-state index in [9.17, 15) is 0 Å². The van der Waals surface area contributed by atoms with Crippen molar-refractivity contribution >= 4 is 0 Å². The van der Waals surface area contributed by atoms with Crippen LogP contribution in [0.1, 0.15) is 53.9 Å². The quantitative estimate of drug-likeness (QED) is 0.613. The third kappa shape index (κ3) is 0.680. The Kier molecular flexibility index (Phi) is 1.85.